The molecule has 3 nitrogen and oxygen atoms in total. The van der Waals surface area contributed by atoms with Gasteiger partial charge in [0, 0.05) is 10.3 Å². The first-order valence-electron chi connectivity index (χ1n) is 3.72. The normalized spacial score (nSPS) is 10.7. The molecule has 0 aliphatic rings. The predicted molar refractivity (Wildman–Crippen MR) is 52.6 cm³/mol. The molecule has 0 bridgehead atoms. The van der Waals surface area contributed by atoms with E-state index in [4.69, 9.17) is 23.2 Å². The third kappa shape index (κ3) is 3.20. The average Bonchev–Trinajstić information content (AvgIpc) is 2.09. The molecule has 0 N–H and O–H groups in total. The van der Waals surface area contributed by atoms with Gasteiger partial charge in [0.05, 0.1) is 5.02 Å². The van der Waals surface area contributed by atoms with Gasteiger partial charge in [-0.3, -0.25) is 0 Å². The maximum Gasteiger partial charge on any atom is 0.116 e. The van der Waals surface area contributed by atoms with Crippen molar-refractivity contribution in [3.05, 3.63) is 28.2 Å². The summed E-state index contributed by atoms with van der Waals surface area (Å²) in [5.41, 5.74) is 0.541. The minimum atomic E-state index is 0.455. The predicted octanol–water partition coefficient (Wildman–Crippen LogP) is 4.03. The van der Waals surface area contributed by atoms with Gasteiger partial charge in [0.15, 0.2) is 0 Å². The first kappa shape index (κ1) is 10.3. The molecule has 1 rings (SSSR count). The molecular formula is C8H8Cl2N2O. The van der Waals surface area contributed by atoms with E-state index in [0.717, 1.165) is 0 Å². The summed E-state index contributed by atoms with van der Waals surface area (Å²) in [7, 11) is 0. The molecule has 0 heterocycles. The van der Waals surface area contributed by atoms with Crippen molar-refractivity contribution >= 4 is 28.9 Å². The molecule has 0 atom stereocenters. The Labute approximate surface area is 86.3 Å². The van der Waals surface area contributed by atoms with Crippen molar-refractivity contribution in [1.29, 1.82) is 0 Å². The van der Waals surface area contributed by atoms with Crippen LogP contribution in [-0.2, 0) is 4.84 Å². The zero-order chi connectivity index (χ0) is 9.68. The zero-order valence-electron chi connectivity index (χ0n) is 7.00. The molecule has 0 saturated heterocycles. The fourth-order valence-corrected chi connectivity index (χ4v) is 1.14. The van der Waals surface area contributed by atoms with Crippen LogP contribution in [0.4, 0.5) is 5.69 Å². The Morgan fingerprint density at radius 3 is 2.77 bits per heavy atom. The second-order valence-electron chi connectivity index (χ2n) is 2.20. The lowest BCUT2D eigenvalue weighted by molar-refractivity contribution is 0.139. The smallest absolute Gasteiger partial charge is 0.116 e. The van der Waals surface area contributed by atoms with E-state index < -0.39 is 0 Å². The van der Waals surface area contributed by atoms with Gasteiger partial charge >= 0.3 is 0 Å². The van der Waals surface area contributed by atoms with Gasteiger partial charge in [-0.25, -0.2) is 0 Å². The van der Waals surface area contributed by atoms with Crippen LogP contribution in [0.25, 0.3) is 0 Å². The van der Waals surface area contributed by atoms with Crippen LogP contribution in [0.5, 0.6) is 0 Å². The van der Waals surface area contributed by atoms with E-state index in [1.54, 1.807) is 18.2 Å². The molecule has 13 heavy (non-hydrogen) atoms. The van der Waals surface area contributed by atoms with Crippen molar-refractivity contribution in [3.63, 3.8) is 0 Å². The van der Waals surface area contributed by atoms with Crippen molar-refractivity contribution in [3.8, 4) is 0 Å². The highest BCUT2D eigenvalue weighted by Gasteiger charge is 1.98. The van der Waals surface area contributed by atoms with Gasteiger partial charge in [0.1, 0.15) is 12.3 Å². The maximum absolute atomic E-state index is 5.81. The molecule has 0 aliphatic heterocycles. The van der Waals surface area contributed by atoms with Crippen LogP contribution in [-0.4, -0.2) is 6.61 Å². The largest absolute Gasteiger partial charge is 0.380 e. The third-order valence-corrected chi connectivity index (χ3v) is 1.78. The fraction of sp³-hybridized carbons (Fsp3) is 0.250. The van der Waals surface area contributed by atoms with E-state index in [1.807, 2.05) is 6.92 Å². The summed E-state index contributed by atoms with van der Waals surface area (Å²) >= 11 is 11.5. The number of hydrogen-bond donors (Lipinski definition) is 0. The molecular weight excluding hydrogens is 211 g/mol. The lowest BCUT2D eigenvalue weighted by Gasteiger charge is -1.96. The van der Waals surface area contributed by atoms with Gasteiger partial charge < -0.3 is 4.84 Å². The highest BCUT2D eigenvalue weighted by atomic mass is 35.5. The molecule has 0 unspecified atom stereocenters. The number of hydrogen-bond acceptors (Lipinski definition) is 3. The van der Waals surface area contributed by atoms with E-state index in [-0.39, 0.29) is 0 Å². The first-order chi connectivity index (χ1) is 6.24. The second kappa shape index (κ2) is 5.04. The van der Waals surface area contributed by atoms with Gasteiger partial charge in [-0.05, 0) is 25.1 Å². The quantitative estimate of drug-likeness (QED) is 0.558. The first-order valence-corrected chi connectivity index (χ1v) is 4.47. The van der Waals surface area contributed by atoms with Crippen molar-refractivity contribution in [2.75, 3.05) is 6.61 Å². The van der Waals surface area contributed by atoms with Gasteiger partial charge in [0.2, 0.25) is 0 Å². The number of rotatable bonds is 3. The molecule has 0 amide bonds. The zero-order valence-corrected chi connectivity index (χ0v) is 8.51. The molecule has 70 valence electrons. The van der Waals surface area contributed by atoms with Crippen LogP contribution in [0.3, 0.4) is 0 Å². The van der Waals surface area contributed by atoms with Crippen molar-refractivity contribution in [1.82, 2.24) is 0 Å². The Kier molecular flexibility index (Phi) is 3.99. The van der Waals surface area contributed by atoms with Crippen LogP contribution < -0.4 is 0 Å². The van der Waals surface area contributed by atoms with Crippen molar-refractivity contribution in [2.24, 2.45) is 10.4 Å². The van der Waals surface area contributed by atoms with Gasteiger partial charge in [0.25, 0.3) is 0 Å². The van der Waals surface area contributed by atoms with Crippen LogP contribution in [0.1, 0.15) is 6.92 Å². The number of nitrogens with zero attached hydrogens (tertiary/aromatic N) is 2. The Bertz CT molecular complexity index is 315. The molecule has 1 aromatic rings. The summed E-state index contributed by atoms with van der Waals surface area (Å²) in [6, 6.07) is 4.96. The molecule has 0 aliphatic carbocycles. The van der Waals surface area contributed by atoms with Crippen LogP contribution in [0.2, 0.25) is 10.0 Å². The van der Waals surface area contributed by atoms with Crippen LogP contribution in [0, 0.1) is 0 Å². The lowest BCUT2D eigenvalue weighted by atomic mass is 10.3. The van der Waals surface area contributed by atoms with Crippen LogP contribution >= 0.6 is 23.2 Å². The summed E-state index contributed by atoms with van der Waals surface area (Å²) in [5, 5.41) is 8.22. The fourth-order valence-electron chi connectivity index (χ4n) is 0.693. The third-order valence-electron chi connectivity index (χ3n) is 1.25. The molecule has 0 spiro atoms. The second-order valence-corrected chi connectivity index (χ2v) is 3.04. The van der Waals surface area contributed by atoms with Crippen LogP contribution in [0.15, 0.2) is 28.6 Å². The monoisotopic (exact) mass is 218 g/mol. The van der Waals surface area contributed by atoms with Gasteiger partial charge in [-0.2, -0.15) is 0 Å². The van der Waals surface area contributed by atoms with E-state index in [1.165, 1.54) is 0 Å². The van der Waals surface area contributed by atoms with Gasteiger partial charge in [-0.1, -0.05) is 23.2 Å². The summed E-state index contributed by atoms with van der Waals surface area (Å²) < 4.78 is 0. The molecule has 0 aromatic heterocycles. The number of halogens is 2. The standard InChI is InChI=1S/C8H8Cl2N2O/c1-2-13-12-11-8-4-3-6(9)5-7(8)10/h3-5H,2H2,1H3. The molecule has 0 saturated carbocycles. The molecule has 0 radical (unpaired) electrons. The SMILES string of the molecule is CCON=Nc1ccc(Cl)cc1Cl. The Balaban J connectivity index is 2.77. The minimum Gasteiger partial charge on any atom is -0.380 e. The molecule has 5 heteroatoms. The van der Waals surface area contributed by atoms with E-state index >= 15 is 0 Å². The number of benzene rings is 1. The highest BCUT2D eigenvalue weighted by molar-refractivity contribution is 6.36. The Hall–Kier alpha value is -0.800. The van der Waals surface area contributed by atoms with E-state index in [9.17, 15) is 0 Å². The Morgan fingerprint density at radius 1 is 1.38 bits per heavy atom. The topological polar surface area (TPSA) is 34.0 Å². The highest BCUT2D eigenvalue weighted by Crippen LogP contribution is 2.27. The molecule has 1 aromatic carbocycles. The summed E-state index contributed by atoms with van der Waals surface area (Å²) in [6.07, 6.45) is 0. The van der Waals surface area contributed by atoms with Gasteiger partial charge in [-0.15, -0.1) is 5.11 Å². The van der Waals surface area contributed by atoms with E-state index in [2.05, 4.69) is 15.2 Å². The van der Waals surface area contributed by atoms with Crippen molar-refractivity contribution < 1.29 is 4.84 Å². The minimum absolute atomic E-state index is 0.455. The molecule has 0 fully saturated rings. The van der Waals surface area contributed by atoms with Crippen molar-refractivity contribution in [2.45, 2.75) is 6.92 Å². The summed E-state index contributed by atoms with van der Waals surface area (Å²) in [5.74, 6) is 0. The average molecular weight is 219 g/mol. The maximum atomic E-state index is 5.81. The Morgan fingerprint density at radius 2 is 2.15 bits per heavy atom. The van der Waals surface area contributed by atoms with E-state index in [0.29, 0.717) is 22.3 Å². The summed E-state index contributed by atoms with van der Waals surface area (Å²) in [4.78, 5) is 4.69. The summed E-state index contributed by atoms with van der Waals surface area (Å²) in [6.45, 7) is 2.30. The lowest BCUT2D eigenvalue weighted by Crippen LogP contribution is -1.75.